The van der Waals surface area contributed by atoms with Gasteiger partial charge in [0.25, 0.3) is 16.4 Å². The molecule has 3 heterocycles. The number of fused-ring (bicyclic) bond motifs is 3. The predicted octanol–water partition coefficient (Wildman–Crippen LogP) is 3.62. The smallest absolute Gasteiger partial charge is 0.269 e. The Bertz CT molecular complexity index is 1430. The van der Waals surface area contributed by atoms with Gasteiger partial charge in [-0.15, -0.1) is 0 Å². The first kappa shape index (κ1) is 22.9. The van der Waals surface area contributed by atoms with Gasteiger partial charge in [0, 0.05) is 23.7 Å². The third-order valence-electron chi connectivity index (χ3n) is 6.36. The summed E-state index contributed by atoms with van der Waals surface area (Å²) in [6.45, 7) is 1.26. The first-order valence-corrected chi connectivity index (χ1v) is 12.6. The van der Waals surface area contributed by atoms with Crippen molar-refractivity contribution in [2.45, 2.75) is 55.7 Å². The van der Waals surface area contributed by atoms with Crippen LogP contribution in [0.2, 0.25) is 0 Å². The minimum atomic E-state index is -3.86. The van der Waals surface area contributed by atoms with Crippen LogP contribution in [-0.2, 0) is 10.0 Å². The van der Waals surface area contributed by atoms with Gasteiger partial charge in [-0.2, -0.15) is 0 Å². The van der Waals surface area contributed by atoms with Crippen molar-refractivity contribution < 1.29 is 22.3 Å². The van der Waals surface area contributed by atoms with Gasteiger partial charge in [0.15, 0.2) is 5.65 Å². The van der Waals surface area contributed by atoms with Crippen LogP contribution in [0.5, 0.6) is 0 Å². The molecule has 0 aliphatic heterocycles. The maximum absolute atomic E-state index is 13.3. The Balaban J connectivity index is 1.63. The first-order valence-electron chi connectivity index (χ1n) is 11.2. The summed E-state index contributed by atoms with van der Waals surface area (Å²) in [5, 5.41) is 13.9. The van der Waals surface area contributed by atoms with Gasteiger partial charge in [0.05, 0.1) is 23.2 Å². The van der Waals surface area contributed by atoms with Crippen molar-refractivity contribution in [3.63, 3.8) is 0 Å². The molecule has 1 aromatic carbocycles. The van der Waals surface area contributed by atoms with Crippen LogP contribution in [0.3, 0.4) is 0 Å². The van der Waals surface area contributed by atoms with E-state index in [1.165, 1.54) is 24.5 Å². The van der Waals surface area contributed by atoms with Gasteiger partial charge in [0.2, 0.25) is 0 Å². The number of hydrogen-bond acceptors (Lipinski definition) is 6. The fraction of sp³-hybridized carbons (Fsp3) is 0.391. The molecule has 1 aliphatic carbocycles. The molecule has 4 aromatic rings. The van der Waals surface area contributed by atoms with Gasteiger partial charge in [-0.25, -0.2) is 31.1 Å². The summed E-state index contributed by atoms with van der Waals surface area (Å²) in [7, 11) is -3.86. The minimum Gasteiger partial charge on any atom is -0.385 e. The Morgan fingerprint density at radius 1 is 1.21 bits per heavy atom. The van der Waals surface area contributed by atoms with Crippen molar-refractivity contribution in [2.24, 2.45) is 0 Å². The van der Waals surface area contributed by atoms with Crippen molar-refractivity contribution >= 4 is 32.1 Å². The number of aliphatic hydroxyl groups excluding tert-OH is 1. The number of alkyl halides is 2. The molecule has 1 fully saturated rings. The van der Waals surface area contributed by atoms with Crippen LogP contribution < -0.4 is 5.32 Å². The number of halogens is 2. The minimum absolute atomic E-state index is 0.0707. The lowest BCUT2D eigenvalue weighted by atomic mass is 10.2. The molecule has 3 atom stereocenters. The molecule has 2 N–H and O–H groups in total. The molecule has 11 heteroatoms. The van der Waals surface area contributed by atoms with Gasteiger partial charge < -0.3 is 15.0 Å². The van der Waals surface area contributed by atoms with E-state index in [2.05, 4.69) is 15.3 Å². The zero-order valence-electron chi connectivity index (χ0n) is 18.5. The summed E-state index contributed by atoms with van der Waals surface area (Å²) in [5.74, 6) is 0.447. The molecule has 1 saturated carbocycles. The summed E-state index contributed by atoms with van der Waals surface area (Å²) in [6, 6.07) is 9.66. The summed E-state index contributed by atoms with van der Waals surface area (Å²) < 4.78 is 54.9. The second-order valence-electron chi connectivity index (χ2n) is 8.64. The molecule has 5 rings (SSSR count). The molecule has 180 valence electrons. The average molecular weight is 490 g/mol. The molecule has 0 radical (unpaired) electrons. The van der Waals surface area contributed by atoms with E-state index >= 15 is 0 Å². The molecule has 0 unspecified atom stereocenters. The SMILES string of the molecule is C[C@@H](O)c1nc2cnc3c(ccn3S(=O)(=O)c3ccccc3)c2n1[C@H]1CC[C@@H](NCC(F)F)C1. The predicted molar refractivity (Wildman–Crippen MR) is 123 cm³/mol. The number of pyridine rings is 1. The second kappa shape index (κ2) is 8.71. The molecule has 8 nitrogen and oxygen atoms in total. The van der Waals surface area contributed by atoms with E-state index in [4.69, 9.17) is 0 Å². The Kier molecular flexibility index (Phi) is 5.86. The largest absolute Gasteiger partial charge is 0.385 e. The number of hydrogen-bond donors (Lipinski definition) is 2. The fourth-order valence-electron chi connectivity index (χ4n) is 4.86. The molecule has 0 spiro atoms. The molecule has 1 aliphatic rings. The third kappa shape index (κ3) is 3.87. The highest BCUT2D eigenvalue weighted by atomic mass is 32.2. The molecule has 0 saturated heterocycles. The highest BCUT2D eigenvalue weighted by molar-refractivity contribution is 7.90. The fourth-order valence-corrected chi connectivity index (χ4v) is 6.19. The number of aliphatic hydroxyl groups is 1. The molecule has 34 heavy (non-hydrogen) atoms. The van der Waals surface area contributed by atoms with E-state index in [0.29, 0.717) is 35.1 Å². The summed E-state index contributed by atoms with van der Waals surface area (Å²) >= 11 is 0. The maximum Gasteiger partial charge on any atom is 0.269 e. The van der Waals surface area contributed by atoms with Crippen LogP contribution in [-0.4, -0.2) is 51.0 Å². The van der Waals surface area contributed by atoms with E-state index in [0.717, 1.165) is 10.4 Å². The molecular formula is C23H25F2N5O3S. The number of nitrogens with one attached hydrogen (secondary N) is 1. The van der Waals surface area contributed by atoms with Crippen molar-refractivity contribution in [1.29, 1.82) is 0 Å². The van der Waals surface area contributed by atoms with Crippen molar-refractivity contribution in [1.82, 2.24) is 23.8 Å². The quantitative estimate of drug-likeness (QED) is 0.411. The lowest BCUT2D eigenvalue weighted by molar-refractivity contribution is 0.141. The van der Waals surface area contributed by atoms with Crippen LogP contribution in [0.25, 0.3) is 22.1 Å². The summed E-state index contributed by atoms with van der Waals surface area (Å²) in [6.07, 6.45) is 1.74. The number of aromatic nitrogens is 4. The highest BCUT2D eigenvalue weighted by Gasteiger charge is 2.31. The third-order valence-corrected chi connectivity index (χ3v) is 8.04. The van der Waals surface area contributed by atoms with Gasteiger partial charge in [-0.1, -0.05) is 18.2 Å². The second-order valence-corrected chi connectivity index (χ2v) is 10.5. The van der Waals surface area contributed by atoms with Gasteiger partial charge in [-0.3, -0.25) is 0 Å². The number of nitrogens with zero attached hydrogens (tertiary/aromatic N) is 4. The van der Waals surface area contributed by atoms with Crippen LogP contribution in [0, 0.1) is 0 Å². The molecular weight excluding hydrogens is 464 g/mol. The topological polar surface area (TPSA) is 102 Å². The van der Waals surface area contributed by atoms with Crippen molar-refractivity contribution in [3.8, 4) is 0 Å². The summed E-state index contributed by atoms with van der Waals surface area (Å²) in [4.78, 5) is 9.13. The molecule has 0 bridgehead atoms. The molecule has 0 amide bonds. The van der Waals surface area contributed by atoms with Crippen LogP contribution in [0.15, 0.2) is 53.7 Å². The lowest BCUT2D eigenvalue weighted by Gasteiger charge is -2.19. The van der Waals surface area contributed by atoms with Gasteiger partial charge >= 0.3 is 0 Å². The first-order chi connectivity index (χ1) is 16.3. The molecule has 3 aromatic heterocycles. The number of benzene rings is 1. The maximum atomic E-state index is 13.3. The van der Waals surface area contributed by atoms with E-state index in [-0.39, 0.29) is 29.2 Å². The Morgan fingerprint density at radius 2 is 1.97 bits per heavy atom. The van der Waals surface area contributed by atoms with Crippen molar-refractivity contribution in [3.05, 3.63) is 54.6 Å². The normalized spacial score (nSPS) is 20.0. The number of imidazole rings is 1. The van der Waals surface area contributed by atoms with E-state index in [1.54, 1.807) is 31.2 Å². The zero-order valence-corrected chi connectivity index (χ0v) is 19.3. The summed E-state index contributed by atoms with van der Waals surface area (Å²) in [5.41, 5.74) is 1.49. The zero-order chi connectivity index (χ0) is 24.0. The standard InChI is InChI=1S/C23H25F2N5O3S/c1-14(31)22-28-19-12-27-23-18(9-10-29(23)34(32,33)17-5-3-2-4-6-17)21(19)30(22)16-8-7-15(11-16)26-13-20(24)25/h2-6,9-10,12,14-16,20,26,31H,7-8,11,13H2,1H3/t14-,15-,16+/m1/s1. The van der Waals surface area contributed by atoms with E-state index in [1.807, 2.05) is 4.57 Å². The Labute approximate surface area is 195 Å². The van der Waals surface area contributed by atoms with Crippen LogP contribution in [0.4, 0.5) is 8.78 Å². The van der Waals surface area contributed by atoms with Gasteiger partial charge in [-0.05, 0) is 44.4 Å². The lowest BCUT2D eigenvalue weighted by Crippen LogP contribution is -2.31. The van der Waals surface area contributed by atoms with Crippen LogP contribution in [0.1, 0.15) is 44.2 Å². The highest BCUT2D eigenvalue weighted by Crippen LogP contribution is 2.38. The van der Waals surface area contributed by atoms with Crippen LogP contribution >= 0.6 is 0 Å². The van der Waals surface area contributed by atoms with E-state index < -0.39 is 22.6 Å². The Hall–Kier alpha value is -2.89. The number of rotatable bonds is 7. The van der Waals surface area contributed by atoms with E-state index in [9.17, 15) is 22.3 Å². The average Bonchev–Trinajstić information content (AvgIpc) is 3.53. The Morgan fingerprint density at radius 3 is 2.68 bits per heavy atom. The van der Waals surface area contributed by atoms with Gasteiger partial charge in [0.1, 0.15) is 17.4 Å². The van der Waals surface area contributed by atoms with Crippen molar-refractivity contribution in [2.75, 3.05) is 6.54 Å². The monoisotopic (exact) mass is 489 g/mol.